The van der Waals surface area contributed by atoms with Gasteiger partial charge >= 0.3 is 0 Å². The van der Waals surface area contributed by atoms with Gasteiger partial charge in [0.1, 0.15) is 0 Å². The summed E-state index contributed by atoms with van der Waals surface area (Å²) in [7, 11) is 1.86. The maximum absolute atomic E-state index is 4.34. The monoisotopic (exact) mass is 422 g/mol. The first-order valence-corrected chi connectivity index (χ1v) is 8.60. The lowest BCUT2D eigenvalue weighted by Crippen LogP contribution is -2.57. The number of aliphatic imine (C=N–C) groups is 1. The van der Waals surface area contributed by atoms with Crippen LogP contribution in [0.15, 0.2) is 4.99 Å². The number of halogens is 1. The van der Waals surface area contributed by atoms with Gasteiger partial charge in [0, 0.05) is 38.8 Å². The molecule has 5 heteroatoms. The normalized spacial score (nSPS) is 27.2. The topological polar surface area (TPSA) is 39.7 Å². The van der Waals surface area contributed by atoms with Crippen LogP contribution in [0.3, 0.4) is 0 Å². The van der Waals surface area contributed by atoms with Crippen molar-refractivity contribution in [2.24, 2.45) is 22.7 Å². The van der Waals surface area contributed by atoms with E-state index < -0.39 is 0 Å². The molecular weight excluding hydrogens is 387 g/mol. The van der Waals surface area contributed by atoms with Crippen LogP contribution >= 0.6 is 24.0 Å². The molecule has 2 unspecified atom stereocenters. The summed E-state index contributed by atoms with van der Waals surface area (Å²) in [4.78, 5) is 6.99. The summed E-state index contributed by atoms with van der Waals surface area (Å²) in [6.45, 7) is 13.9. The second-order valence-corrected chi connectivity index (χ2v) is 7.91. The van der Waals surface area contributed by atoms with E-state index in [-0.39, 0.29) is 29.5 Å². The molecule has 0 aromatic heterocycles. The SMILES string of the molecule is CN=C(NCC1CC1)NCC(C)(C)N1CC(C)CC(C)C1.I. The van der Waals surface area contributed by atoms with Crippen molar-refractivity contribution in [1.82, 2.24) is 15.5 Å². The van der Waals surface area contributed by atoms with Crippen molar-refractivity contribution >= 4 is 29.9 Å². The molecule has 0 aromatic carbocycles. The Hall–Kier alpha value is -0.0400. The van der Waals surface area contributed by atoms with E-state index in [1.165, 1.54) is 32.4 Å². The van der Waals surface area contributed by atoms with Crippen molar-refractivity contribution in [2.75, 3.05) is 33.2 Å². The average molecular weight is 422 g/mol. The van der Waals surface area contributed by atoms with Gasteiger partial charge in [-0.25, -0.2) is 0 Å². The zero-order chi connectivity index (χ0) is 15.5. The zero-order valence-corrected chi connectivity index (χ0v) is 17.3. The van der Waals surface area contributed by atoms with Gasteiger partial charge in [0.05, 0.1) is 0 Å². The Morgan fingerprint density at radius 2 is 1.73 bits per heavy atom. The van der Waals surface area contributed by atoms with Gasteiger partial charge in [0.15, 0.2) is 5.96 Å². The molecule has 1 aliphatic heterocycles. The average Bonchev–Trinajstić information content (AvgIpc) is 3.22. The van der Waals surface area contributed by atoms with E-state index in [2.05, 4.69) is 48.2 Å². The van der Waals surface area contributed by atoms with Crippen molar-refractivity contribution < 1.29 is 0 Å². The van der Waals surface area contributed by atoms with Gasteiger partial charge in [0.2, 0.25) is 0 Å². The molecule has 1 saturated heterocycles. The fourth-order valence-corrected chi connectivity index (χ4v) is 3.35. The largest absolute Gasteiger partial charge is 0.356 e. The third-order valence-electron chi connectivity index (χ3n) is 4.89. The minimum absolute atomic E-state index is 0. The molecule has 2 aliphatic rings. The molecule has 2 rings (SSSR count). The Morgan fingerprint density at radius 1 is 1.14 bits per heavy atom. The maximum atomic E-state index is 4.34. The van der Waals surface area contributed by atoms with Crippen LogP contribution < -0.4 is 10.6 Å². The Kier molecular flexibility index (Phi) is 7.92. The van der Waals surface area contributed by atoms with Crippen LogP contribution in [0.2, 0.25) is 0 Å². The highest BCUT2D eigenvalue weighted by Gasteiger charge is 2.32. The van der Waals surface area contributed by atoms with Crippen molar-refractivity contribution in [2.45, 2.75) is 52.5 Å². The molecule has 1 heterocycles. The molecular formula is C17H35IN4. The van der Waals surface area contributed by atoms with E-state index in [1.54, 1.807) is 0 Å². The van der Waals surface area contributed by atoms with Crippen LogP contribution in [-0.4, -0.2) is 49.6 Å². The molecule has 130 valence electrons. The number of nitrogens with zero attached hydrogens (tertiary/aromatic N) is 2. The summed E-state index contributed by atoms with van der Waals surface area (Å²) in [5.74, 6) is 3.44. The summed E-state index contributed by atoms with van der Waals surface area (Å²) in [6, 6.07) is 0. The van der Waals surface area contributed by atoms with Gasteiger partial charge in [-0.3, -0.25) is 9.89 Å². The molecule has 2 atom stereocenters. The Bertz CT molecular complexity index is 356. The first-order chi connectivity index (χ1) is 9.90. The van der Waals surface area contributed by atoms with Crippen LogP contribution in [0.4, 0.5) is 0 Å². The van der Waals surface area contributed by atoms with Gasteiger partial charge in [-0.15, -0.1) is 24.0 Å². The van der Waals surface area contributed by atoms with Crippen LogP contribution in [-0.2, 0) is 0 Å². The fourth-order valence-electron chi connectivity index (χ4n) is 3.35. The lowest BCUT2D eigenvalue weighted by Gasteiger charge is -2.45. The zero-order valence-electron chi connectivity index (χ0n) is 15.0. The number of guanidine groups is 1. The van der Waals surface area contributed by atoms with Crippen LogP contribution in [0.1, 0.15) is 47.0 Å². The highest BCUT2D eigenvalue weighted by molar-refractivity contribution is 14.0. The lowest BCUT2D eigenvalue weighted by atomic mass is 9.88. The van der Waals surface area contributed by atoms with Gasteiger partial charge in [0.25, 0.3) is 0 Å². The maximum Gasteiger partial charge on any atom is 0.191 e. The summed E-state index contributed by atoms with van der Waals surface area (Å²) in [5, 5.41) is 6.96. The molecule has 0 bridgehead atoms. The summed E-state index contributed by atoms with van der Waals surface area (Å²) >= 11 is 0. The summed E-state index contributed by atoms with van der Waals surface area (Å²) in [5.41, 5.74) is 0.167. The standard InChI is InChI=1S/C17H34N4.HI/c1-13-8-14(2)11-21(10-13)17(3,4)12-20-16(18-5)19-9-15-6-7-15;/h13-15H,6-12H2,1-5H3,(H2,18,19,20);1H. The Labute approximate surface area is 153 Å². The van der Waals surface area contributed by atoms with E-state index >= 15 is 0 Å². The molecule has 2 fully saturated rings. The molecule has 0 radical (unpaired) electrons. The van der Waals surface area contributed by atoms with Crippen molar-refractivity contribution in [1.29, 1.82) is 0 Å². The second kappa shape index (κ2) is 8.71. The van der Waals surface area contributed by atoms with Crippen molar-refractivity contribution in [3.05, 3.63) is 0 Å². The van der Waals surface area contributed by atoms with Gasteiger partial charge < -0.3 is 10.6 Å². The third-order valence-corrected chi connectivity index (χ3v) is 4.89. The molecule has 1 saturated carbocycles. The lowest BCUT2D eigenvalue weighted by molar-refractivity contribution is 0.0483. The quantitative estimate of drug-likeness (QED) is 0.407. The van der Waals surface area contributed by atoms with Crippen LogP contribution in [0.5, 0.6) is 0 Å². The molecule has 2 N–H and O–H groups in total. The number of rotatable bonds is 5. The highest BCUT2D eigenvalue weighted by Crippen LogP contribution is 2.28. The Morgan fingerprint density at radius 3 is 2.23 bits per heavy atom. The first kappa shape index (κ1) is 20.0. The van der Waals surface area contributed by atoms with E-state index in [0.29, 0.717) is 0 Å². The van der Waals surface area contributed by atoms with E-state index in [1.807, 2.05) is 7.05 Å². The predicted molar refractivity (Wildman–Crippen MR) is 106 cm³/mol. The van der Waals surface area contributed by atoms with E-state index in [4.69, 9.17) is 0 Å². The Balaban J connectivity index is 0.00000242. The van der Waals surface area contributed by atoms with E-state index in [9.17, 15) is 0 Å². The summed E-state index contributed by atoms with van der Waals surface area (Å²) in [6.07, 6.45) is 4.11. The molecule has 0 aromatic rings. The third kappa shape index (κ3) is 6.22. The number of likely N-dealkylation sites (tertiary alicyclic amines) is 1. The molecule has 1 aliphatic carbocycles. The number of hydrogen-bond donors (Lipinski definition) is 2. The van der Waals surface area contributed by atoms with Gasteiger partial charge in [-0.05, 0) is 50.9 Å². The van der Waals surface area contributed by atoms with Crippen molar-refractivity contribution in [3.8, 4) is 0 Å². The minimum Gasteiger partial charge on any atom is -0.356 e. The van der Waals surface area contributed by atoms with Gasteiger partial charge in [-0.1, -0.05) is 13.8 Å². The number of nitrogens with one attached hydrogen (secondary N) is 2. The summed E-state index contributed by atoms with van der Waals surface area (Å²) < 4.78 is 0. The van der Waals surface area contributed by atoms with E-state index in [0.717, 1.165) is 36.8 Å². The van der Waals surface area contributed by atoms with Crippen LogP contribution in [0, 0.1) is 17.8 Å². The van der Waals surface area contributed by atoms with Gasteiger partial charge in [-0.2, -0.15) is 0 Å². The van der Waals surface area contributed by atoms with Crippen molar-refractivity contribution in [3.63, 3.8) is 0 Å². The number of piperidine rings is 1. The molecule has 0 amide bonds. The fraction of sp³-hybridized carbons (Fsp3) is 0.941. The number of hydrogen-bond acceptors (Lipinski definition) is 2. The highest BCUT2D eigenvalue weighted by atomic mass is 127. The first-order valence-electron chi connectivity index (χ1n) is 8.60. The second-order valence-electron chi connectivity index (χ2n) is 7.91. The predicted octanol–water partition coefficient (Wildman–Crippen LogP) is 2.94. The van der Waals surface area contributed by atoms with Crippen LogP contribution in [0.25, 0.3) is 0 Å². The molecule has 4 nitrogen and oxygen atoms in total. The molecule has 22 heavy (non-hydrogen) atoms. The minimum atomic E-state index is 0. The smallest absolute Gasteiger partial charge is 0.191 e. The molecule has 0 spiro atoms.